The van der Waals surface area contributed by atoms with Crippen LogP contribution >= 0.6 is 0 Å². The van der Waals surface area contributed by atoms with E-state index in [4.69, 9.17) is 9.47 Å². The van der Waals surface area contributed by atoms with Crippen LogP contribution in [0, 0.1) is 11.8 Å². The van der Waals surface area contributed by atoms with Gasteiger partial charge in [0, 0.05) is 57.9 Å². The topological polar surface area (TPSA) is 84.6 Å². The summed E-state index contributed by atoms with van der Waals surface area (Å²) in [6.45, 7) is 6.06. The van der Waals surface area contributed by atoms with Crippen LogP contribution in [0.25, 0.3) is 0 Å². The molecule has 3 N–H and O–H groups in total. The van der Waals surface area contributed by atoms with Crippen LogP contribution in [0.5, 0.6) is 5.75 Å². The molecule has 1 aromatic carbocycles. The lowest BCUT2D eigenvalue weighted by Gasteiger charge is -2.52. The normalized spacial score (nSPS) is 33.3. The first kappa shape index (κ1) is 23.4. The molecule has 5 fully saturated rings. The number of rotatable bonds is 5. The maximum atomic E-state index is 13.4. The molecule has 0 radical (unpaired) electrons. The highest BCUT2D eigenvalue weighted by Gasteiger charge is 2.52. The molecule has 5 heterocycles. The number of urea groups is 1. The van der Waals surface area contributed by atoms with Crippen LogP contribution in [0.1, 0.15) is 31.2 Å². The second kappa shape index (κ2) is 9.49. The molecule has 10 nitrogen and oxygen atoms in total. The number of nitrogens with one attached hydrogen (secondary N) is 3. The maximum absolute atomic E-state index is 13.4. The summed E-state index contributed by atoms with van der Waals surface area (Å²) in [7, 11) is 3.95. The van der Waals surface area contributed by atoms with Crippen LogP contribution in [0.15, 0.2) is 24.3 Å². The fourth-order valence-corrected chi connectivity index (χ4v) is 6.91. The van der Waals surface area contributed by atoms with Gasteiger partial charge < -0.3 is 14.4 Å². The van der Waals surface area contributed by atoms with Crippen LogP contribution < -0.4 is 20.8 Å². The smallest absolute Gasteiger partial charge is 0.337 e. The molecule has 6 rings (SSSR count). The number of ether oxygens (including phenoxy) is 2. The van der Waals surface area contributed by atoms with Crippen molar-refractivity contribution >= 4 is 6.03 Å². The Bertz CT molecular complexity index is 909. The molecule has 1 spiro atoms. The van der Waals surface area contributed by atoms with Crippen LogP contribution in [0.4, 0.5) is 4.79 Å². The zero-order chi connectivity index (χ0) is 24.0. The van der Waals surface area contributed by atoms with Gasteiger partial charge in [-0.3, -0.25) is 10.6 Å². The van der Waals surface area contributed by atoms with Gasteiger partial charge in [-0.2, -0.15) is 0 Å². The first-order valence-corrected chi connectivity index (χ1v) is 13.1. The predicted molar refractivity (Wildman–Crippen MR) is 131 cm³/mol. The van der Waals surface area contributed by atoms with E-state index in [0.717, 1.165) is 63.4 Å². The van der Waals surface area contributed by atoms with Crippen molar-refractivity contribution in [3.8, 4) is 5.75 Å². The van der Waals surface area contributed by atoms with Gasteiger partial charge in [-0.15, -0.1) is 0 Å². The lowest BCUT2D eigenvalue weighted by atomic mass is 9.83. The van der Waals surface area contributed by atoms with Crippen molar-refractivity contribution in [2.45, 2.75) is 50.1 Å². The summed E-state index contributed by atoms with van der Waals surface area (Å²) in [5.41, 5.74) is 4.65. The number of hydrogen-bond acceptors (Lipinski definition) is 8. The molecule has 1 aromatic rings. The van der Waals surface area contributed by atoms with E-state index in [9.17, 15) is 4.79 Å². The number of nitrogens with zero attached hydrogens (tertiary/aromatic N) is 4. The Morgan fingerprint density at radius 1 is 1.11 bits per heavy atom. The lowest BCUT2D eigenvalue weighted by Crippen LogP contribution is -2.71. The van der Waals surface area contributed by atoms with Gasteiger partial charge in [0.25, 0.3) is 0 Å². The van der Waals surface area contributed by atoms with Gasteiger partial charge in [-0.25, -0.2) is 25.2 Å². The average Bonchev–Trinajstić information content (AvgIpc) is 3.50. The van der Waals surface area contributed by atoms with Crippen LogP contribution in [0.3, 0.4) is 0 Å². The quantitative estimate of drug-likeness (QED) is 0.569. The number of fused-ring (bicyclic) bond motifs is 3. The number of piperidine rings is 1. The number of carbonyl (C=O) groups excluding carboxylic acids is 1. The fraction of sp³-hybridized carbons (Fsp3) is 0.720. The van der Waals surface area contributed by atoms with E-state index in [2.05, 4.69) is 33.1 Å². The molecular formula is C25H39N7O3. The Morgan fingerprint density at radius 3 is 2.69 bits per heavy atom. The zero-order valence-electron chi connectivity index (χ0n) is 20.9. The summed E-state index contributed by atoms with van der Waals surface area (Å²) in [5.74, 6) is 1.67. The van der Waals surface area contributed by atoms with Gasteiger partial charge in [0.05, 0.1) is 19.9 Å². The fourth-order valence-electron chi connectivity index (χ4n) is 6.91. The molecule has 10 heteroatoms. The number of hydrogen-bond donors (Lipinski definition) is 3. The van der Waals surface area contributed by atoms with E-state index in [0.29, 0.717) is 25.0 Å². The van der Waals surface area contributed by atoms with Crippen molar-refractivity contribution in [2.24, 2.45) is 11.8 Å². The Morgan fingerprint density at radius 2 is 1.91 bits per heavy atom. The van der Waals surface area contributed by atoms with Crippen molar-refractivity contribution < 1.29 is 14.3 Å². The zero-order valence-corrected chi connectivity index (χ0v) is 20.9. The average molecular weight is 486 g/mol. The van der Waals surface area contributed by atoms with E-state index < -0.39 is 0 Å². The Balaban J connectivity index is 1.15. The molecular weight excluding hydrogens is 446 g/mol. The van der Waals surface area contributed by atoms with Gasteiger partial charge in [0.15, 0.2) is 0 Å². The standard InChI is InChI=1S/C25H39N7O3/c1-29-25(8-11-35-12-9-25)7-10-30(29)15-19-13-21-22(26-14-19)31(24(33)32-23(21)27-17-28-32)16-18-3-5-20(34-2)6-4-18/h3-6,19,21-23,26-28H,7-17H2,1-2H3. The minimum Gasteiger partial charge on any atom is -0.497 e. The van der Waals surface area contributed by atoms with Crippen molar-refractivity contribution in [3.63, 3.8) is 0 Å². The number of carbonyl (C=O) groups is 1. The molecule has 4 atom stereocenters. The van der Waals surface area contributed by atoms with E-state index in [1.807, 2.05) is 34.2 Å². The minimum atomic E-state index is 0.0210. The Kier molecular flexibility index (Phi) is 6.36. The SMILES string of the molecule is COc1ccc(CN2C(=O)N3NCNC3C3CC(CN4CCC5(CCOCC5)N4C)CNC32)cc1. The molecule has 5 aliphatic heterocycles. The molecule has 2 amide bonds. The molecule has 0 bridgehead atoms. The van der Waals surface area contributed by atoms with E-state index >= 15 is 0 Å². The first-order chi connectivity index (χ1) is 17.1. The van der Waals surface area contributed by atoms with Gasteiger partial charge in [0.1, 0.15) is 11.9 Å². The highest BCUT2D eigenvalue weighted by molar-refractivity contribution is 5.76. The number of methoxy groups -OCH3 is 1. The monoisotopic (exact) mass is 485 g/mol. The number of benzene rings is 1. The highest BCUT2D eigenvalue weighted by Crippen LogP contribution is 2.39. The highest BCUT2D eigenvalue weighted by atomic mass is 16.5. The summed E-state index contributed by atoms with van der Waals surface area (Å²) in [6, 6.07) is 8.04. The molecule has 0 aliphatic carbocycles. The molecule has 35 heavy (non-hydrogen) atoms. The molecule has 4 unspecified atom stereocenters. The largest absolute Gasteiger partial charge is 0.497 e. The third-order valence-corrected chi connectivity index (χ3v) is 9.01. The van der Waals surface area contributed by atoms with Crippen molar-refractivity contribution in [2.75, 3.05) is 53.7 Å². The minimum absolute atomic E-state index is 0.0210. The Labute approximate surface area is 207 Å². The van der Waals surface area contributed by atoms with Crippen LogP contribution in [0.2, 0.25) is 0 Å². The molecule has 5 aliphatic rings. The van der Waals surface area contributed by atoms with E-state index in [1.165, 1.54) is 6.42 Å². The third kappa shape index (κ3) is 4.20. The van der Waals surface area contributed by atoms with Gasteiger partial charge in [-0.1, -0.05) is 12.1 Å². The van der Waals surface area contributed by atoms with Crippen molar-refractivity contribution in [1.82, 2.24) is 36.0 Å². The van der Waals surface area contributed by atoms with E-state index in [-0.39, 0.29) is 23.9 Å². The summed E-state index contributed by atoms with van der Waals surface area (Å²) < 4.78 is 11.0. The van der Waals surface area contributed by atoms with Gasteiger partial charge in [-0.05, 0) is 49.3 Å². The molecule has 0 saturated carbocycles. The summed E-state index contributed by atoms with van der Waals surface area (Å²) in [6.07, 6.45) is 4.61. The Hall–Kier alpha value is -1.95. The van der Waals surface area contributed by atoms with Crippen molar-refractivity contribution in [3.05, 3.63) is 29.8 Å². The van der Waals surface area contributed by atoms with Crippen LogP contribution in [-0.2, 0) is 11.3 Å². The molecule has 5 saturated heterocycles. The number of amides is 2. The van der Waals surface area contributed by atoms with Gasteiger partial charge >= 0.3 is 6.03 Å². The second-order valence-electron chi connectivity index (χ2n) is 10.8. The predicted octanol–water partition coefficient (Wildman–Crippen LogP) is 0.978. The van der Waals surface area contributed by atoms with Crippen molar-refractivity contribution in [1.29, 1.82) is 0 Å². The maximum Gasteiger partial charge on any atom is 0.337 e. The summed E-state index contributed by atoms with van der Waals surface area (Å²) in [5, 5.41) is 14.2. The van der Waals surface area contributed by atoms with Gasteiger partial charge in [0.2, 0.25) is 0 Å². The van der Waals surface area contributed by atoms with Crippen LogP contribution in [-0.4, -0.2) is 97.5 Å². The lowest BCUT2D eigenvalue weighted by molar-refractivity contribution is -0.0879. The summed E-state index contributed by atoms with van der Waals surface area (Å²) >= 11 is 0. The first-order valence-electron chi connectivity index (χ1n) is 13.1. The third-order valence-electron chi connectivity index (χ3n) is 9.01. The summed E-state index contributed by atoms with van der Waals surface area (Å²) in [4.78, 5) is 15.4. The molecule has 0 aromatic heterocycles. The van der Waals surface area contributed by atoms with E-state index in [1.54, 1.807) is 7.11 Å². The second-order valence-corrected chi connectivity index (χ2v) is 10.8. The number of hydrazine groups is 2. The molecule has 192 valence electrons.